The number of aromatic nitrogens is 3. The summed E-state index contributed by atoms with van der Waals surface area (Å²) in [6.07, 6.45) is 2.77. The molecule has 1 unspecified atom stereocenters. The van der Waals surface area contributed by atoms with Crippen molar-refractivity contribution >= 4 is 22.6 Å². The molecule has 2 N–H and O–H groups in total. The maximum Gasteiger partial charge on any atom is 0.262 e. The standard InChI is InChI=1S/C25H32ClN5O3/c1-24(2)14-27-20(13-34-24)17-4-6-18(7-5-17)31-21(26)12-19-22(31)28-16-30(23(19)32)15-25(33)8-10-29(3)11-9-25/h4-7,12,16,20,27,33H,8-11,13-15H2,1-3H3. The second-order valence-electron chi connectivity index (χ2n) is 10.3. The predicted octanol–water partition coefficient (Wildman–Crippen LogP) is 2.74. The third-order valence-corrected chi connectivity index (χ3v) is 7.37. The lowest BCUT2D eigenvalue weighted by Crippen LogP contribution is -2.47. The summed E-state index contributed by atoms with van der Waals surface area (Å²) in [4.78, 5) is 20.0. The molecule has 0 radical (unpaired) electrons. The zero-order valence-corrected chi connectivity index (χ0v) is 20.7. The van der Waals surface area contributed by atoms with Crippen LogP contribution in [0, 0.1) is 0 Å². The number of fused-ring (bicyclic) bond motifs is 1. The van der Waals surface area contributed by atoms with E-state index in [1.165, 1.54) is 10.9 Å². The molecule has 0 spiro atoms. The predicted molar refractivity (Wildman–Crippen MR) is 133 cm³/mol. The quantitative estimate of drug-likeness (QED) is 0.591. The Balaban J connectivity index is 1.41. The van der Waals surface area contributed by atoms with Crippen LogP contribution in [0.25, 0.3) is 16.7 Å². The number of halogens is 1. The Hall–Kier alpha value is -2.23. The van der Waals surface area contributed by atoms with Gasteiger partial charge in [-0.3, -0.25) is 13.9 Å². The van der Waals surface area contributed by atoms with Gasteiger partial charge in [0.1, 0.15) is 11.5 Å². The number of hydrogen-bond acceptors (Lipinski definition) is 6. The number of ether oxygens (including phenoxy) is 1. The van der Waals surface area contributed by atoms with Crippen molar-refractivity contribution in [3.8, 4) is 5.69 Å². The van der Waals surface area contributed by atoms with Crippen LogP contribution in [0.4, 0.5) is 0 Å². The van der Waals surface area contributed by atoms with E-state index in [-0.39, 0.29) is 23.7 Å². The molecule has 2 aliphatic rings. The fraction of sp³-hybridized carbons (Fsp3) is 0.520. The molecule has 2 aromatic heterocycles. The molecule has 34 heavy (non-hydrogen) atoms. The van der Waals surface area contributed by atoms with Crippen molar-refractivity contribution < 1.29 is 9.84 Å². The van der Waals surface area contributed by atoms with Crippen LogP contribution < -0.4 is 10.9 Å². The minimum atomic E-state index is -0.903. The van der Waals surface area contributed by atoms with Crippen LogP contribution in [0.2, 0.25) is 5.15 Å². The van der Waals surface area contributed by atoms with E-state index in [1.807, 2.05) is 31.3 Å². The molecule has 5 rings (SSSR count). The number of morpholine rings is 1. The minimum Gasteiger partial charge on any atom is -0.388 e. The summed E-state index contributed by atoms with van der Waals surface area (Å²) < 4.78 is 9.24. The third-order valence-electron chi connectivity index (χ3n) is 7.09. The normalized spacial score (nSPS) is 22.8. The van der Waals surface area contributed by atoms with E-state index in [4.69, 9.17) is 16.3 Å². The van der Waals surface area contributed by atoms with Crippen molar-refractivity contribution in [3.05, 3.63) is 57.7 Å². The molecule has 4 heterocycles. The lowest BCUT2D eigenvalue weighted by molar-refractivity contribution is -0.0586. The summed E-state index contributed by atoms with van der Waals surface area (Å²) >= 11 is 6.57. The Labute approximate surface area is 204 Å². The van der Waals surface area contributed by atoms with Crippen molar-refractivity contribution in [1.82, 2.24) is 24.3 Å². The van der Waals surface area contributed by atoms with Crippen molar-refractivity contribution in [1.29, 1.82) is 0 Å². The zero-order chi connectivity index (χ0) is 24.1. The summed E-state index contributed by atoms with van der Waals surface area (Å²) in [5.41, 5.74) is 1.22. The average molecular weight is 486 g/mol. The molecular weight excluding hydrogens is 454 g/mol. The summed E-state index contributed by atoms with van der Waals surface area (Å²) in [6.45, 7) is 7.39. The number of likely N-dealkylation sites (tertiary alicyclic amines) is 1. The Bertz CT molecular complexity index is 1230. The molecule has 0 bridgehead atoms. The SMILES string of the molecule is CN1CCC(O)(Cn2cnc3c(cc(Cl)n3-c3ccc(C4COC(C)(C)CN4)cc3)c2=O)CC1. The van der Waals surface area contributed by atoms with Gasteiger partial charge in [-0.25, -0.2) is 4.98 Å². The van der Waals surface area contributed by atoms with E-state index in [0.717, 1.165) is 30.9 Å². The molecule has 0 aliphatic carbocycles. The Morgan fingerprint density at radius 2 is 1.94 bits per heavy atom. The molecule has 9 heteroatoms. The molecule has 1 atom stereocenters. The minimum absolute atomic E-state index is 0.134. The van der Waals surface area contributed by atoms with E-state index in [2.05, 4.69) is 29.0 Å². The van der Waals surface area contributed by atoms with Gasteiger partial charge in [-0.15, -0.1) is 0 Å². The highest BCUT2D eigenvalue weighted by Crippen LogP contribution is 2.28. The van der Waals surface area contributed by atoms with Gasteiger partial charge in [0, 0.05) is 25.3 Å². The van der Waals surface area contributed by atoms with Crippen LogP contribution in [-0.2, 0) is 11.3 Å². The van der Waals surface area contributed by atoms with E-state index >= 15 is 0 Å². The maximum atomic E-state index is 13.2. The summed E-state index contributed by atoms with van der Waals surface area (Å²) in [5, 5.41) is 15.4. The van der Waals surface area contributed by atoms with Crippen LogP contribution in [0.1, 0.15) is 38.3 Å². The van der Waals surface area contributed by atoms with E-state index in [0.29, 0.717) is 35.6 Å². The first-order valence-corrected chi connectivity index (χ1v) is 12.2. The largest absolute Gasteiger partial charge is 0.388 e. The Morgan fingerprint density at radius 3 is 2.59 bits per heavy atom. The molecule has 2 fully saturated rings. The Morgan fingerprint density at radius 1 is 1.24 bits per heavy atom. The number of benzene rings is 1. The van der Waals surface area contributed by atoms with Crippen molar-refractivity contribution in [2.75, 3.05) is 33.3 Å². The van der Waals surface area contributed by atoms with Gasteiger partial charge in [0.2, 0.25) is 0 Å². The maximum absolute atomic E-state index is 13.2. The van der Waals surface area contributed by atoms with Crippen molar-refractivity contribution in [2.24, 2.45) is 0 Å². The average Bonchev–Trinajstić information content (AvgIpc) is 3.15. The number of rotatable bonds is 4. The zero-order valence-electron chi connectivity index (χ0n) is 19.9. The van der Waals surface area contributed by atoms with E-state index in [9.17, 15) is 9.90 Å². The summed E-state index contributed by atoms with van der Waals surface area (Å²) in [5.74, 6) is 0. The van der Waals surface area contributed by atoms with Gasteiger partial charge in [0.15, 0.2) is 5.65 Å². The molecule has 2 aliphatic heterocycles. The van der Waals surface area contributed by atoms with Gasteiger partial charge in [0.05, 0.1) is 35.8 Å². The second kappa shape index (κ2) is 8.77. The van der Waals surface area contributed by atoms with Crippen molar-refractivity contribution in [3.63, 3.8) is 0 Å². The first kappa shape index (κ1) is 23.5. The van der Waals surface area contributed by atoms with Gasteiger partial charge in [-0.05, 0) is 57.5 Å². The molecule has 3 aromatic rings. The first-order chi connectivity index (χ1) is 16.1. The molecule has 0 saturated carbocycles. The number of nitrogens with one attached hydrogen (secondary N) is 1. The van der Waals surface area contributed by atoms with Crippen LogP contribution in [-0.4, -0.2) is 68.6 Å². The van der Waals surface area contributed by atoms with Crippen LogP contribution >= 0.6 is 11.6 Å². The fourth-order valence-corrected chi connectivity index (χ4v) is 5.10. The van der Waals surface area contributed by atoms with Gasteiger partial charge in [-0.1, -0.05) is 23.7 Å². The van der Waals surface area contributed by atoms with Crippen LogP contribution in [0.15, 0.2) is 41.5 Å². The third kappa shape index (κ3) is 4.53. The first-order valence-electron chi connectivity index (χ1n) is 11.8. The summed E-state index contributed by atoms with van der Waals surface area (Å²) in [7, 11) is 2.04. The van der Waals surface area contributed by atoms with Gasteiger partial charge >= 0.3 is 0 Å². The molecule has 1 aromatic carbocycles. The van der Waals surface area contributed by atoms with Crippen LogP contribution in [0.3, 0.4) is 0 Å². The number of aliphatic hydroxyl groups is 1. The molecule has 8 nitrogen and oxygen atoms in total. The number of nitrogens with zero attached hydrogens (tertiary/aromatic N) is 4. The fourth-order valence-electron chi connectivity index (χ4n) is 4.81. The lowest BCUT2D eigenvalue weighted by atomic mass is 9.91. The monoisotopic (exact) mass is 485 g/mol. The van der Waals surface area contributed by atoms with E-state index < -0.39 is 5.60 Å². The van der Waals surface area contributed by atoms with Gasteiger partial charge in [0.25, 0.3) is 5.56 Å². The highest BCUT2D eigenvalue weighted by atomic mass is 35.5. The highest BCUT2D eigenvalue weighted by Gasteiger charge is 2.32. The lowest BCUT2D eigenvalue weighted by Gasteiger charge is -2.36. The second-order valence-corrected chi connectivity index (χ2v) is 10.7. The smallest absolute Gasteiger partial charge is 0.262 e. The van der Waals surface area contributed by atoms with E-state index in [1.54, 1.807) is 10.6 Å². The number of piperidine rings is 1. The number of hydrogen-bond donors (Lipinski definition) is 2. The topological polar surface area (TPSA) is 84.6 Å². The van der Waals surface area contributed by atoms with Crippen molar-refractivity contribution in [2.45, 2.75) is 50.5 Å². The Kier molecular flexibility index (Phi) is 6.06. The molecular formula is C25H32ClN5O3. The molecule has 0 amide bonds. The van der Waals surface area contributed by atoms with Crippen LogP contribution in [0.5, 0.6) is 0 Å². The molecule has 182 valence electrons. The van der Waals surface area contributed by atoms with Gasteiger partial charge < -0.3 is 20.1 Å². The molecule has 2 saturated heterocycles. The summed E-state index contributed by atoms with van der Waals surface area (Å²) in [6, 6.07) is 9.86. The van der Waals surface area contributed by atoms with Gasteiger partial charge in [-0.2, -0.15) is 0 Å². The highest BCUT2D eigenvalue weighted by molar-refractivity contribution is 6.31.